The molecule has 0 aromatic carbocycles. The Labute approximate surface area is 141 Å². The number of carbonyl (C=O) groups is 3. The lowest BCUT2D eigenvalue weighted by atomic mass is 10.1. The highest BCUT2D eigenvalue weighted by Crippen LogP contribution is 2.14. The first-order chi connectivity index (χ1) is 9.56. The lowest BCUT2D eigenvalue weighted by Gasteiger charge is -2.22. The number of amides is 1. The van der Waals surface area contributed by atoms with Crippen LogP contribution in [-0.2, 0) is 19.1 Å². The average molecular weight is 431 g/mol. The van der Waals surface area contributed by atoms with Crippen LogP contribution in [0.5, 0.6) is 0 Å². The van der Waals surface area contributed by atoms with Gasteiger partial charge in [0.15, 0.2) is 5.78 Å². The smallest absolute Gasteiger partial charge is 0.408 e. The number of Topliss-reactive ketones (excluding diaryl/α,β-unsaturated/α-hetero) is 1. The lowest BCUT2D eigenvalue weighted by Crippen LogP contribution is -2.44. The van der Waals surface area contributed by atoms with Gasteiger partial charge in [0.25, 0.3) is 0 Å². The molecule has 0 aliphatic rings. The maximum atomic E-state index is 11.8. The quantitative estimate of drug-likeness (QED) is 0.496. The highest BCUT2D eigenvalue weighted by Gasteiger charge is 2.26. The van der Waals surface area contributed by atoms with Gasteiger partial charge in [-0.2, -0.15) is 0 Å². The normalized spacial score (nSPS) is 12.7. The van der Waals surface area contributed by atoms with Crippen molar-refractivity contribution in [2.45, 2.75) is 55.9 Å². The van der Waals surface area contributed by atoms with Crippen LogP contribution in [0.25, 0.3) is 0 Å². The van der Waals surface area contributed by atoms with E-state index in [-0.39, 0.29) is 25.2 Å². The zero-order chi connectivity index (χ0) is 16.6. The van der Waals surface area contributed by atoms with Gasteiger partial charge in [-0.05, 0) is 34.1 Å². The molecule has 0 unspecified atom stereocenters. The number of alkyl halides is 2. The Morgan fingerprint density at radius 2 is 1.76 bits per heavy atom. The van der Waals surface area contributed by atoms with Crippen LogP contribution < -0.4 is 5.32 Å². The van der Waals surface area contributed by atoms with Gasteiger partial charge in [-0.1, -0.05) is 31.9 Å². The Balaban J connectivity index is 4.63. The van der Waals surface area contributed by atoms with Crippen molar-refractivity contribution < 1.29 is 23.9 Å². The van der Waals surface area contributed by atoms with E-state index in [4.69, 9.17) is 9.47 Å². The zero-order valence-electron chi connectivity index (χ0n) is 12.6. The summed E-state index contributed by atoms with van der Waals surface area (Å²) >= 11 is 6.17. The van der Waals surface area contributed by atoms with Crippen LogP contribution in [0, 0.1) is 0 Å². The largest absolute Gasteiger partial charge is 0.464 e. The summed E-state index contributed by atoms with van der Waals surface area (Å²) in [6.45, 7) is 7.01. The van der Waals surface area contributed by atoms with Crippen LogP contribution in [0.1, 0.15) is 40.5 Å². The fourth-order valence-electron chi connectivity index (χ4n) is 1.34. The summed E-state index contributed by atoms with van der Waals surface area (Å²) in [5.41, 5.74) is -0.671. The molecular weight excluding hydrogens is 410 g/mol. The van der Waals surface area contributed by atoms with Crippen molar-refractivity contribution in [2.75, 3.05) is 6.61 Å². The van der Waals surface area contributed by atoms with Crippen molar-refractivity contribution in [2.24, 2.45) is 0 Å². The predicted octanol–water partition coefficient (Wildman–Crippen LogP) is 2.91. The summed E-state index contributed by atoms with van der Waals surface area (Å²) in [7, 11) is 0. The van der Waals surface area contributed by atoms with Gasteiger partial charge in [-0.15, -0.1) is 0 Å². The molecule has 1 N–H and O–H groups in total. The average Bonchev–Trinajstić information content (AvgIpc) is 2.31. The first-order valence-electron chi connectivity index (χ1n) is 6.53. The first kappa shape index (κ1) is 20.4. The van der Waals surface area contributed by atoms with Crippen LogP contribution in [0.15, 0.2) is 0 Å². The molecule has 6 nitrogen and oxygen atoms in total. The maximum Gasteiger partial charge on any atom is 0.408 e. The maximum absolute atomic E-state index is 11.8. The SMILES string of the molecule is CCOC(=O)[C@H](CCC(=O)C(Br)Br)NC(=O)OC(C)(C)C. The van der Waals surface area contributed by atoms with E-state index >= 15 is 0 Å². The van der Waals surface area contributed by atoms with Crippen LogP contribution in [0.3, 0.4) is 0 Å². The molecular formula is C13H21Br2NO5. The molecule has 0 rings (SSSR count). The van der Waals surface area contributed by atoms with Gasteiger partial charge in [-0.3, -0.25) is 4.79 Å². The number of esters is 1. The minimum Gasteiger partial charge on any atom is -0.464 e. The second-order valence-corrected chi connectivity index (χ2v) is 8.32. The highest BCUT2D eigenvalue weighted by molar-refractivity contribution is 9.25. The topological polar surface area (TPSA) is 81.7 Å². The van der Waals surface area contributed by atoms with Crippen LogP contribution in [0.2, 0.25) is 0 Å². The van der Waals surface area contributed by atoms with Crippen molar-refractivity contribution in [1.82, 2.24) is 5.32 Å². The van der Waals surface area contributed by atoms with E-state index in [0.717, 1.165) is 0 Å². The number of carbonyl (C=O) groups excluding carboxylic acids is 3. The number of alkyl carbamates (subject to hydrolysis) is 1. The van der Waals surface area contributed by atoms with E-state index < -0.39 is 27.4 Å². The second-order valence-electron chi connectivity index (χ2n) is 5.26. The molecule has 0 saturated heterocycles. The standard InChI is InChI=1S/C13H21Br2NO5/c1-5-20-11(18)8(6-7-9(17)10(14)15)16-12(19)21-13(2,3)4/h8,10H,5-7H2,1-4H3,(H,16,19)/t8-/m0/s1. The van der Waals surface area contributed by atoms with Crippen LogP contribution in [-0.4, -0.2) is 39.8 Å². The number of ketones is 1. The van der Waals surface area contributed by atoms with E-state index in [0.29, 0.717) is 0 Å². The zero-order valence-corrected chi connectivity index (χ0v) is 15.7. The summed E-state index contributed by atoms with van der Waals surface area (Å²) in [5.74, 6) is -0.716. The van der Waals surface area contributed by atoms with Gasteiger partial charge < -0.3 is 14.8 Å². The minimum absolute atomic E-state index is 0.112. The monoisotopic (exact) mass is 429 g/mol. The van der Waals surface area contributed by atoms with Gasteiger partial charge >= 0.3 is 12.1 Å². The van der Waals surface area contributed by atoms with E-state index in [1.807, 2.05) is 0 Å². The molecule has 0 aromatic rings. The predicted molar refractivity (Wildman–Crippen MR) is 85.7 cm³/mol. The number of nitrogens with one attached hydrogen (secondary N) is 1. The molecule has 8 heteroatoms. The lowest BCUT2D eigenvalue weighted by molar-refractivity contribution is -0.145. The minimum atomic E-state index is -0.914. The van der Waals surface area contributed by atoms with Crippen LogP contribution >= 0.6 is 31.9 Å². The molecule has 0 spiro atoms. The second kappa shape index (κ2) is 9.40. The summed E-state index contributed by atoms with van der Waals surface area (Å²) in [4.78, 5) is 35.1. The molecule has 0 radical (unpaired) electrons. The van der Waals surface area contributed by atoms with E-state index in [9.17, 15) is 14.4 Å². The van der Waals surface area contributed by atoms with Crippen molar-refractivity contribution in [3.05, 3.63) is 0 Å². The van der Waals surface area contributed by atoms with Crippen molar-refractivity contribution in [3.8, 4) is 0 Å². The Morgan fingerprint density at radius 3 is 2.19 bits per heavy atom. The molecule has 0 saturated carbocycles. The molecule has 122 valence electrons. The molecule has 1 amide bonds. The summed E-state index contributed by atoms with van der Waals surface area (Å²) in [6, 6.07) is -0.914. The molecule has 0 bridgehead atoms. The number of ether oxygens (including phenoxy) is 2. The molecule has 0 fully saturated rings. The summed E-state index contributed by atoms with van der Waals surface area (Å²) in [6.07, 6.45) is -0.465. The van der Waals surface area contributed by atoms with Gasteiger partial charge in [0, 0.05) is 6.42 Å². The summed E-state index contributed by atoms with van der Waals surface area (Å²) < 4.78 is 9.50. The Kier molecular flexibility index (Phi) is 9.12. The number of hydrogen-bond donors (Lipinski definition) is 1. The van der Waals surface area contributed by atoms with E-state index in [1.165, 1.54) is 0 Å². The van der Waals surface area contributed by atoms with Crippen molar-refractivity contribution in [3.63, 3.8) is 0 Å². The van der Waals surface area contributed by atoms with E-state index in [1.54, 1.807) is 27.7 Å². The Hall–Kier alpha value is -0.630. The third-order valence-corrected chi connectivity index (χ3v) is 3.21. The van der Waals surface area contributed by atoms with E-state index in [2.05, 4.69) is 37.2 Å². The third kappa shape index (κ3) is 9.84. The first-order valence-corrected chi connectivity index (χ1v) is 8.37. The van der Waals surface area contributed by atoms with Gasteiger partial charge in [0.2, 0.25) is 0 Å². The van der Waals surface area contributed by atoms with Gasteiger partial charge in [0.05, 0.1) is 6.61 Å². The van der Waals surface area contributed by atoms with Crippen LogP contribution in [0.4, 0.5) is 4.79 Å². The summed E-state index contributed by atoms with van der Waals surface area (Å²) in [5, 5.41) is 2.43. The highest BCUT2D eigenvalue weighted by atomic mass is 79.9. The molecule has 0 heterocycles. The number of halogens is 2. The Morgan fingerprint density at radius 1 is 1.19 bits per heavy atom. The van der Waals surface area contributed by atoms with Gasteiger partial charge in [-0.25, -0.2) is 9.59 Å². The molecule has 21 heavy (non-hydrogen) atoms. The van der Waals surface area contributed by atoms with Gasteiger partial charge in [0.1, 0.15) is 15.4 Å². The fraction of sp³-hybridized carbons (Fsp3) is 0.769. The number of rotatable bonds is 7. The fourth-order valence-corrected chi connectivity index (χ4v) is 1.80. The van der Waals surface area contributed by atoms with Crippen molar-refractivity contribution in [1.29, 1.82) is 0 Å². The molecule has 1 atom stereocenters. The van der Waals surface area contributed by atoms with Crippen molar-refractivity contribution >= 4 is 49.7 Å². The molecule has 0 aliphatic carbocycles. The molecule has 0 aliphatic heterocycles. The third-order valence-electron chi connectivity index (χ3n) is 2.18. The Bertz CT molecular complexity index is 379. The number of hydrogen-bond acceptors (Lipinski definition) is 5. The molecule has 0 aromatic heterocycles.